The second-order valence-electron chi connectivity index (χ2n) is 29.0. The van der Waals surface area contributed by atoms with E-state index in [4.69, 9.17) is 176 Å². The van der Waals surface area contributed by atoms with E-state index in [1.54, 1.807) is 6.07 Å². The smallest absolute Gasteiger partial charge is 0.0708 e. The molecule has 14 nitrogen and oxygen atoms in total. The summed E-state index contributed by atoms with van der Waals surface area (Å²) in [7, 11) is 0. The number of nitrogens with zero attached hydrogens (tertiary/aromatic N) is 7. The van der Waals surface area contributed by atoms with E-state index in [2.05, 4.69) is 34.9 Å². The molecule has 0 unspecified atom stereocenters. The van der Waals surface area contributed by atoms with Crippen molar-refractivity contribution >= 4 is 197 Å². The normalized spacial score (nSPS) is 17.8. The van der Waals surface area contributed by atoms with E-state index in [0.29, 0.717) is 26.8 Å². The molecule has 0 fully saturated rings. The number of nitrogen functional groups attached to an aromatic ring is 7. The highest BCUT2D eigenvalue weighted by atomic mass is 35.5. The van der Waals surface area contributed by atoms with Crippen LogP contribution in [0.1, 0.15) is 247 Å². The maximum absolute atomic E-state index is 8.15. The molecule has 0 saturated heterocycles. The summed E-state index contributed by atoms with van der Waals surface area (Å²) < 4.78 is 312. The van der Waals surface area contributed by atoms with Crippen LogP contribution in [-0.2, 0) is 37.9 Å². The maximum Gasteiger partial charge on any atom is 0.0708 e. The fraction of sp³-hybridized carbons (Fsp3) is 0.315. The molecule has 14 aromatic rings. The van der Waals surface area contributed by atoms with Crippen LogP contribution >= 0.6 is 81.2 Å². The Bertz CT molecular complexity index is 7780. The first-order chi connectivity index (χ1) is 68.4. The molecule has 7 heterocycles. The summed E-state index contributed by atoms with van der Waals surface area (Å²) in [5.41, 5.74) is 33.0. The third kappa shape index (κ3) is 24.3. The van der Waals surface area contributed by atoms with Crippen LogP contribution in [0.4, 0.5) is 39.8 Å². The van der Waals surface area contributed by atoms with Crippen LogP contribution in [0, 0.1) is 0 Å². The van der Waals surface area contributed by atoms with E-state index >= 15 is 0 Å². The first-order valence-electron chi connectivity index (χ1n) is 53.4. The van der Waals surface area contributed by atoms with Crippen LogP contribution in [0.2, 0.25) is 35.2 Å². The third-order valence-electron chi connectivity index (χ3n) is 15.3. The van der Waals surface area contributed by atoms with Crippen LogP contribution in [0.5, 0.6) is 0 Å². The summed E-state index contributed by atoms with van der Waals surface area (Å²) in [5.74, 6) is 0. The van der Waals surface area contributed by atoms with E-state index in [-0.39, 0.29) is 281 Å². The predicted octanol–water partition coefficient (Wildman–Crippen LogP) is 27.0. The molecule has 21 heteroatoms. The van der Waals surface area contributed by atoms with Crippen molar-refractivity contribution < 1.29 is 54.8 Å². The Kier molecular flexibility index (Phi) is 15.6. The van der Waals surface area contributed by atoms with Gasteiger partial charge >= 0.3 is 0 Å². The first-order valence-corrected chi connectivity index (χ1v) is 36.1. The molecule has 0 aliphatic carbocycles. The summed E-state index contributed by atoms with van der Waals surface area (Å²) in [5, 5.41) is 1.70. The Labute approximate surface area is 758 Å². The Morgan fingerprint density at radius 2 is 0.442 bits per heavy atom. The van der Waals surface area contributed by atoms with Crippen molar-refractivity contribution in [3.63, 3.8) is 0 Å². The highest BCUT2D eigenvalue weighted by Gasteiger charge is 2.26. The summed E-state index contributed by atoms with van der Waals surface area (Å²) in [4.78, 5) is 29.6. The van der Waals surface area contributed by atoms with E-state index in [9.17, 15) is 0 Å². The zero-order valence-electron chi connectivity index (χ0n) is 103. The van der Waals surface area contributed by atoms with Gasteiger partial charge in [-0.25, -0.2) is 0 Å². The van der Waals surface area contributed by atoms with Gasteiger partial charge in [-0.2, -0.15) is 0 Å². The van der Waals surface area contributed by atoms with E-state index in [0.717, 1.165) is 0 Å². The standard InChI is InChI=1S/7C13H15ClN2.CH4/c7*1-13(2,3)12-10(15)7-8-6-9(14)4-5-11(8)16-12;/h7*4-7H,15H2,1-3H3;1H4/i1D3,4D,5D,6D,7D;1D3,5D,6D,7D;1D3,4D,6D,7D;1D3,4D,5D,7D;1D3,6D,7D;1D3,5D,7D;1D3,4D,7D;. The molecule has 7 aromatic heterocycles. The SMILES string of the molecule is C.[2H]c1c(Cl)c([2H])c2c([2H])c(N)c(C(C)(C)C([2H])([2H])[2H])nc2c1[2H].[2H]c1c(Cl)cc2c([2H])c(N)c(C(C)(C)C([2H])([2H])[2H])nc2c1[2H].[2H]c1c(Cl)ccc2nc(C(C)(C)C([2H])([2H])[2H])c(N)c([2H])c12.[2H]c1c(N)c(C(C)(C)C([2H])([2H])[2H])nc2c([2H])cc(Cl)cc12.[2H]c1cc(Cl)c([2H])c2c([2H])c(N)c(C(C)(C)C([2H])([2H])[2H])nc12.[2H]c1cc2nc(C(C)(C)C([2H])([2H])[2H])c(N)c([2H])c2c([2H])c1Cl.[2H]c1cc2nc(C(C)(C)C([2H])([2H])[2H])c(N)c([2H])c2cc1Cl. The zero-order valence-corrected chi connectivity index (χ0v) is 68.3. The zero-order chi connectivity index (χ0) is 117. The largest absolute Gasteiger partial charge is 0.397 e. The Morgan fingerprint density at radius 1 is 0.230 bits per heavy atom. The lowest BCUT2D eigenvalue weighted by molar-refractivity contribution is 0.574. The van der Waals surface area contributed by atoms with Gasteiger partial charge < -0.3 is 40.1 Å². The molecule has 0 amide bonds. The number of pyridine rings is 7. The van der Waals surface area contributed by atoms with Gasteiger partial charge in [-0.05, 0) is 169 Å². The molecular formula is C92H109Cl7N14. The van der Waals surface area contributed by atoms with Crippen molar-refractivity contribution in [1.29, 1.82) is 0 Å². The minimum Gasteiger partial charge on any atom is -0.397 e. The molecule has 14 N–H and O–H groups in total. The molecule has 0 bridgehead atoms. The molecule has 14 rings (SSSR count). The molecule has 0 saturated carbocycles. The van der Waals surface area contributed by atoms with Gasteiger partial charge in [0.05, 0.1) is 144 Å². The van der Waals surface area contributed by atoms with Gasteiger partial charge in [0, 0.05) is 140 Å². The molecule has 0 radical (unpaired) electrons. The lowest BCUT2D eigenvalue weighted by atomic mass is 9.90. The van der Waals surface area contributed by atoms with Gasteiger partial charge in [-0.15, -0.1) is 0 Å². The van der Waals surface area contributed by atoms with Gasteiger partial charge in [0.1, 0.15) is 0 Å². The quantitative estimate of drug-likeness (QED) is 0.0744. The fourth-order valence-electron chi connectivity index (χ4n) is 10.2. The van der Waals surface area contributed by atoms with Gasteiger partial charge in [-0.1, -0.05) is 234 Å². The van der Waals surface area contributed by atoms with Crippen LogP contribution in [0.3, 0.4) is 0 Å². The number of fused-ring (bicyclic) bond motifs is 7. The average molecular weight is 1700 g/mol. The van der Waals surface area contributed by atoms with Crippen molar-refractivity contribution in [2.75, 3.05) is 40.1 Å². The monoisotopic (exact) mass is 1690 g/mol. The van der Waals surface area contributed by atoms with Gasteiger partial charge in [0.25, 0.3) is 0 Å². The van der Waals surface area contributed by atoms with E-state index < -0.39 is 91.9 Å². The molecule has 0 aliphatic rings. The topological polar surface area (TPSA) is 272 Å². The van der Waals surface area contributed by atoms with Crippen LogP contribution in [-0.4, -0.2) is 34.9 Å². The molecule has 0 atom stereocenters. The Morgan fingerprint density at radius 3 is 0.796 bits per heavy atom. The molecule has 0 aliphatic heterocycles. The summed E-state index contributed by atoms with van der Waals surface area (Å²) >= 11 is 41.1. The van der Waals surface area contributed by atoms with Gasteiger partial charge in [0.2, 0.25) is 0 Å². The summed E-state index contributed by atoms with van der Waals surface area (Å²) in [6.07, 6.45) is 0. The number of hydrogen-bond acceptors (Lipinski definition) is 14. The van der Waals surface area contributed by atoms with Crippen molar-refractivity contribution in [2.45, 2.75) is 190 Å². The van der Waals surface area contributed by atoms with Crippen molar-refractivity contribution in [3.8, 4) is 0 Å². The summed E-state index contributed by atoms with van der Waals surface area (Å²) in [6, 6.07) is 9.73. The van der Waals surface area contributed by atoms with Crippen LogP contribution < -0.4 is 40.1 Å². The second-order valence-corrected chi connectivity index (χ2v) is 31.8. The van der Waals surface area contributed by atoms with Gasteiger partial charge in [0.15, 0.2) is 0 Å². The van der Waals surface area contributed by atoms with Crippen LogP contribution in [0.25, 0.3) is 76.3 Å². The van der Waals surface area contributed by atoms with Crippen molar-refractivity contribution in [2.24, 2.45) is 0 Å². The number of rotatable bonds is 0. The number of hydrogen-bond donors (Lipinski definition) is 7. The average Bonchev–Trinajstić information content (AvgIpc) is 0.748. The number of benzene rings is 7. The second kappa shape index (κ2) is 35.8. The minimum atomic E-state index is -2.43. The predicted molar refractivity (Wildman–Crippen MR) is 496 cm³/mol. The Hall–Kier alpha value is -8.96. The number of halogens is 7. The Balaban J connectivity index is 0.000000241. The lowest BCUT2D eigenvalue weighted by Crippen LogP contribution is -2.16. The van der Waals surface area contributed by atoms with Crippen molar-refractivity contribution in [1.82, 2.24) is 34.9 Å². The fourth-order valence-corrected chi connectivity index (χ4v) is 11.3. The molecular weight excluding hydrogens is 1550 g/mol. The number of aromatic nitrogens is 7. The molecule has 113 heavy (non-hydrogen) atoms. The molecule has 7 aromatic carbocycles. The maximum atomic E-state index is 8.15. The summed E-state index contributed by atoms with van der Waals surface area (Å²) in [6.45, 7) is 4.19. The first kappa shape index (κ1) is 49.1. The third-order valence-corrected chi connectivity index (χ3v) is 16.7. The van der Waals surface area contributed by atoms with Gasteiger partial charge in [-0.3, -0.25) is 34.9 Å². The van der Waals surface area contributed by atoms with E-state index in [1.807, 2.05) is 0 Å². The minimum absolute atomic E-state index is 0. The number of anilines is 7. The number of nitrogens with two attached hydrogens (primary N) is 7. The lowest BCUT2D eigenvalue weighted by Gasteiger charge is -2.20. The van der Waals surface area contributed by atoms with E-state index in [1.165, 1.54) is 145 Å². The highest BCUT2D eigenvalue weighted by molar-refractivity contribution is 6.33. The van der Waals surface area contributed by atoms with Crippen molar-refractivity contribution in [3.05, 3.63) is 244 Å². The molecule has 0 spiro atoms. The van der Waals surface area contributed by atoms with Crippen LogP contribution in [0.15, 0.2) is 169 Å². The molecule has 596 valence electrons. The highest BCUT2D eigenvalue weighted by Crippen LogP contribution is 2.38.